The minimum atomic E-state index is -0.347. The summed E-state index contributed by atoms with van der Waals surface area (Å²) < 4.78 is 24.4. The Balaban J connectivity index is 2.97. The second kappa shape index (κ2) is 27.3. The third kappa shape index (κ3) is 19.3. The number of esters is 1. The fourth-order valence-electron chi connectivity index (χ4n) is 4.70. The fraction of sp³-hybridized carbons (Fsp3) is 0.800. The van der Waals surface area contributed by atoms with Crippen LogP contribution in [0.3, 0.4) is 0 Å². The van der Waals surface area contributed by atoms with E-state index < -0.39 is 0 Å². The molecule has 41 heavy (non-hydrogen) atoms. The van der Waals surface area contributed by atoms with E-state index in [4.69, 9.17) is 18.9 Å². The maximum atomic E-state index is 13.0. The number of hydrogen-bond donors (Lipinski definition) is 1. The van der Waals surface area contributed by atoms with Gasteiger partial charge in [-0.15, -0.1) is 0 Å². The van der Waals surface area contributed by atoms with Gasteiger partial charge in [0, 0.05) is 0 Å². The van der Waals surface area contributed by atoms with E-state index in [1.807, 2.05) is 0 Å². The van der Waals surface area contributed by atoms with Crippen molar-refractivity contribution in [3.63, 3.8) is 0 Å². The number of ether oxygens (including phenoxy) is 4. The predicted molar refractivity (Wildman–Crippen MR) is 176 cm³/mol. The first-order valence-corrected chi connectivity index (χ1v) is 17.7. The molecule has 0 spiro atoms. The average Bonchev–Trinajstić information content (AvgIpc) is 2.98. The Hall–Kier alpha value is -1.56. The van der Waals surface area contributed by atoms with Crippen LogP contribution in [0.1, 0.15) is 160 Å². The zero-order chi connectivity index (χ0) is 29.8. The Bertz CT molecular complexity index is 715. The lowest BCUT2D eigenvalue weighted by Gasteiger charge is -2.19. The molecule has 0 bridgehead atoms. The Morgan fingerprint density at radius 3 is 1.37 bits per heavy atom. The molecule has 0 amide bonds. The van der Waals surface area contributed by atoms with E-state index in [-0.39, 0.29) is 5.97 Å². The number of unbranched alkanes of at least 4 members (excludes halogenated alkanes) is 16. The van der Waals surface area contributed by atoms with Gasteiger partial charge in [0.15, 0.2) is 11.5 Å². The van der Waals surface area contributed by atoms with Crippen molar-refractivity contribution in [2.24, 2.45) is 0 Å². The number of rotatable bonds is 29. The maximum absolute atomic E-state index is 13.0. The van der Waals surface area contributed by atoms with Crippen molar-refractivity contribution >= 4 is 18.6 Å². The molecule has 0 aliphatic heterocycles. The van der Waals surface area contributed by atoms with Gasteiger partial charge in [-0.3, -0.25) is 0 Å². The second-order valence-electron chi connectivity index (χ2n) is 11.2. The van der Waals surface area contributed by atoms with Gasteiger partial charge in [0.25, 0.3) is 0 Å². The molecule has 1 rings (SSSR count). The van der Waals surface area contributed by atoms with Crippen LogP contribution in [0, 0.1) is 0 Å². The molecular weight excluding hydrogens is 532 g/mol. The molecule has 0 fully saturated rings. The molecule has 0 aliphatic carbocycles. The van der Waals surface area contributed by atoms with Gasteiger partial charge < -0.3 is 18.9 Å². The number of carbonyl (C=O) groups is 1. The van der Waals surface area contributed by atoms with Crippen LogP contribution in [0.15, 0.2) is 12.1 Å². The van der Waals surface area contributed by atoms with Crippen LogP contribution in [-0.2, 0) is 4.74 Å². The molecule has 0 saturated carbocycles. The number of thiol groups is 1. The highest BCUT2D eigenvalue weighted by Gasteiger charge is 2.20. The van der Waals surface area contributed by atoms with E-state index >= 15 is 0 Å². The van der Waals surface area contributed by atoms with Gasteiger partial charge >= 0.3 is 5.97 Å². The Morgan fingerprint density at radius 2 is 0.927 bits per heavy atom. The van der Waals surface area contributed by atoms with E-state index in [1.54, 1.807) is 12.1 Å². The first-order valence-electron chi connectivity index (χ1n) is 17.0. The largest absolute Gasteiger partial charge is 0.490 e. The summed E-state index contributed by atoms with van der Waals surface area (Å²) in [6, 6.07) is 3.57. The Labute approximate surface area is 258 Å². The minimum absolute atomic E-state index is 0.347. The van der Waals surface area contributed by atoms with Crippen molar-refractivity contribution in [1.82, 2.24) is 0 Å². The average molecular weight is 595 g/mol. The maximum Gasteiger partial charge on any atom is 0.338 e. The molecule has 238 valence electrons. The van der Waals surface area contributed by atoms with Crippen molar-refractivity contribution in [2.75, 3.05) is 32.2 Å². The molecular formula is C35H62O5S. The lowest BCUT2D eigenvalue weighted by molar-refractivity contribution is 0.0498. The molecule has 1 aromatic rings. The summed E-state index contributed by atoms with van der Waals surface area (Å²) in [5.74, 6) is 2.25. The number of benzene rings is 1. The van der Waals surface area contributed by atoms with Crippen LogP contribution < -0.4 is 14.2 Å². The van der Waals surface area contributed by atoms with Crippen LogP contribution in [0.5, 0.6) is 17.2 Å². The first-order chi connectivity index (χ1) is 20.2. The van der Waals surface area contributed by atoms with Gasteiger partial charge in [-0.05, 0) is 50.0 Å². The molecule has 0 aliphatic rings. The molecule has 0 atom stereocenters. The van der Waals surface area contributed by atoms with Crippen LogP contribution >= 0.6 is 12.6 Å². The van der Waals surface area contributed by atoms with Gasteiger partial charge in [-0.1, -0.05) is 117 Å². The predicted octanol–water partition coefficient (Wildman–Crippen LogP) is 10.8. The Morgan fingerprint density at radius 1 is 0.537 bits per heavy atom. The van der Waals surface area contributed by atoms with Crippen molar-refractivity contribution in [1.29, 1.82) is 0 Å². The summed E-state index contributed by atoms with van der Waals surface area (Å²) in [5.41, 5.74) is 0.457. The van der Waals surface area contributed by atoms with Crippen molar-refractivity contribution in [3.8, 4) is 17.2 Å². The van der Waals surface area contributed by atoms with E-state index in [9.17, 15) is 4.79 Å². The van der Waals surface area contributed by atoms with Crippen molar-refractivity contribution in [3.05, 3.63) is 17.7 Å². The van der Waals surface area contributed by atoms with Crippen LogP contribution in [0.2, 0.25) is 0 Å². The third-order valence-corrected chi connectivity index (χ3v) is 7.61. The van der Waals surface area contributed by atoms with Crippen LogP contribution in [0.4, 0.5) is 0 Å². The molecule has 0 aromatic heterocycles. The first kappa shape index (κ1) is 37.5. The highest BCUT2D eigenvalue weighted by molar-refractivity contribution is 7.80. The van der Waals surface area contributed by atoms with E-state index in [0.29, 0.717) is 49.2 Å². The van der Waals surface area contributed by atoms with Crippen molar-refractivity contribution < 1.29 is 23.7 Å². The summed E-state index contributed by atoms with van der Waals surface area (Å²) in [6.45, 7) is 8.90. The van der Waals surface area contributed by atoms with Gasteiger partial charge in [-0.25, -0.2) is 4.79 Å². The summed E-state index contributed by atoms with van der Waals surface area (Å²) in [6.07, 6.45) is 23.2. The lowest BCUT2D eigenvalue weighted by atomic mass is 10.1. The van der Waals surface area contributed by atoms with Gasteiger partial charge in [-0.2, -0.15) is 12.6 Å². The standard InChI is InChI=1S/C35H62O5S/c1-4-7-10-13-16-19-24-37-32-29-31(35(36)40-27-22-23-28-41)30-33(38-25-20-17-14-11-8-5-2)34(32)39-26-21-18-15-12-9-6-3/h29-30,41H,4-28H2,1-3H3. The monoisotopic (exact) mass is 594 g/mol. The molecule has 1 aromatic carbocycles. The zero-order valence-corrected chi connectivity index (χ0v) is 27.7. The van der Waals surface area contributed by atoms with E-state index in [1.165, 1.54) is 77.0 Å². The topological polar surface area (TPSA) is 54.0 Å². The molecule has 5 nitrogen and oxygen atoms in total. The van der Waals surface area contributed by atoms with Crippen LogP contribution in [-0.4, -0.2) is 38.1 Å². The molecule has 0 unspecified atom stereocenters. The minimum Gasteiger partial charge on any atom is -0.490 e. The summed E-state index contributed by atoms with van der Waals surface area (Å²) in [4.78, 5) is 13.0. The van der Waals surface area contributed by atoms with Gasteiger partial charge in [0.1, 0.15) is 0 Å². The highest BCUT2D eigenvalue weighted by Crippen LogP contribution is 2.40. The summed E-state index contributed by atoms with van der Waals surface area (Å²) in [5, 5.41) is 0. The summed E-state index contributed by atoms with van der Waals surface area (Å²) >= 11 is 4.25. The SMILES string of the molecule is CCCCCCCCOc1cc(C(=O)OCCCCS)cc(OCCCCCCCC)c1OCCCCCCCC. The third-order valence-electron chi connectivity index (χ3n) is 7.30. The smallest absolute Gasteiger partial charge is 0.338 e. The molecule has 0 N–H and O–H groups in total. The fourth-order valence-corrected chi connectivity index (χ4v) is 4.92. The lowest BCUT2D eigenvalue weighted by Crippen LogP contribution is -2.11. The molecule has 0 heterocycles. The second-order valence-corrected chi connectivity index (χ2v) is 11.7. The molecule has 6 heteroatoms. The zero-order valence-electron chi connectivity index (χ0n) is 26.8. The summed E-state index contributed by atoms with van der Waals surface area (Å²) in [7, 11) is 0. The van der Waals surface area contributed by atoms with Crippen LogP contribution in [0.25, 0.3) is 0 Å². The quantitative estimate of drug-likeness (QED) is 0.0568. The van der Waals surface area contributed by atoms with E-state index in [2.05, 4.69) is 33.4 Å². The molecule has 0 radical (unpaired) electrons. The normalized spacial score (nSPS) is 11.0. The van der Waals surface area contributed by atoms with Crippen molar-refractivity contribution in [2.45, 2.75) is 149 Å². The van der Waals surface area contributed by atoms with E-state index in [0.717, 1.165) is 57.1 Å². The molecule has 0 saturated heterocycles. The van der Waals surface area contributed by atoms with Gasteiger partial charge in [0.05, 0.1) is 32.0 Å². The Kier molecular flexibility index (Phi) is 24.9. The number of carbonyl (C=O) groups excluding carboxylic acids is 1. The number of hydrogen-bond acceptors (Lipinski definition) is 6. The highest BCUT2D eigenvalue weighted by atomic mass is 32.1. The van der Waals surface area contributed by atoms with Gasteiger partial charge in [0.2, 0.25) is 5.75 Å².